The highest BCUT2D eigenvalue weighted by molar-refractivity contribution is 7.99. The number of carbonyl (C=O) groups is 4. The molecule has 3 rings (SSSR count). The van der Waals surface area contributed by atoms with Crippen molar-refractivity contribution in [3.63, 3.8) is 0 Å². The Morgan fingerprint density at radius 3 is 1.97 bits per heavy atom. The first kappa shape index (κ1) is 28.0. The van der Waals surface area contributed by atoms with E-state index in [1.165, 1.54) is 25.3 Å². The van der Waals surface area contributed by atoms with Crippen molar-refractivity contribution >= 4 is 35.5 Å². The fourth-order valence-corrected chi connectivity index (χ4v) is 4.70. The van der Waals surface area contributed by atoms with Gasteiger partial charge in [-0.1, -0.05) is 12.1 Å². The number of ketones is 1. The van der Waals surface area contributed by atoms with E-state index >= 15 is 0 Å². The average Bonchev–Trinajstić information content (AvgIpc) is 2.81. The molecule has 4 atom stereocenters. The maximum atomic E-state index is 12.8. The third-order valence-corrected chi connectivity index (χ3v) is 6.21. The summed E-state index contributed by atoms with van der Waals surface area (Å²) in [5.74, 6) is -2.23. The summed E-state index contributed by atoms with van der Waals surface area (Å²) in [5, 5.41) is 0. The molecule has 9 nitrogen and oxygen atoms in total. The molecule has 0 N–H and O–H groups in total. The lowest BCUT2D eigenvalue weighted by atomic mass is 10.1. The number of carbonyl (C=O) groups excluding carboxylic acids is 4. The predicted molar refractivity (Wildman–Crippen MR) is 123 cm³/mol. The number of benzene rings is 1. The van der Waals surface area contributed by atoms with Gasteiger partial charge >= 0.3 is 24.1 Å². The van der Waals surface area contributed by atoms with Crippen molar-refractivity contribution in [3.8, 4) is 5.75 Å². The van der Waals surface area contributed by atoms with Gasteiger partial charge in [-0.15, -0.1) is 11.8 Å². The first-order valence-corrected chi connectivity index (χ1v) is 11.9. The Hall–Kier alpha value is -3.61. The van der Waals surface area contributed by atoms with Crippen LogP contribution in [0.4, 0.5) is 13.2 Å². The van der Waals surface area contributed by atoms with Gasteiger partial charge in [-0.05, 0) is 24.3 Å². The highest BCUT2D eigenvalue weighted by Gasteiger charge is 2.47. The maximum Gasteiger partial charge on any atom is 0.416 e. The Bertz CT molecular complexity index is 1150. The van der Waals surface area contributed by atoms with Crippen LogP contribution in [0.5, 0.6) is 5.75 Å². The summed E-state index contributed by atoms with van der Waals surface area (Å²) in [5.41, 5.74) is -1.78. The van der Waals surface area contributed by atoms with Crippen LogP contribution in [0, 0.1) is 0 Å². The highest BCUT2D eigenvalue weighted by Crippen LogP contribution is 2.34. The van der Waals surface area contributed by atoms with Crippen LogP contribution in [-0.4, -0.2) is 58.2 Å². The third-order valence-electron chi connectivity index (χ3n) is 5.00. The molecule has 1 aliphatic heterocycles. The van der Waals surface area contributed by atoms with Gasteiger partial charge in [0, 0.05) is 32.1 Å². The Morgan fingerprint density at radius 1 is 0.865 bits per heavy atom. The largest absolute Gasteiger partial charge is 0.474 e. The second-order valence-electron chi connectivity index (χ2n) is 7.90. The summed E-state index contributed by atoms with van der Waals surface area (Å²) >= 11 is 1.15. The fourth-order valence-electron chi connectivity index (χ4n) is 3.49. The summed E-state index contributed by atoms with van der Waals surface area (Å²) in [4.78, 5) is 51.6. The number of aromatic nitrogens is 1. The van der Waals surface area contributed by atoms with Gasteiger partial charge in [-0.2, -0.15) is 13.2 Å². The molecule has 0 bridgehead atoms. The van der Waals surface area contributed by atoms with Crippen molar-refractivity contribution in [1.82, 2.24) is 4.98 Å². The van der Waals surface area contributed by atoms with Crippen LogP contribution in [0.2, 0.25) is 0 Å². The molecule has 1 fully saturated rings. The Morgan fingerprint density at radius 2 is 1.46 bits per heavy atom. The minimum Gasteiger partial charge on any atom is -0.474 e. The Balaban J connectivity index is 1.77. The van der Waals surface area contributed by atoms with E-state index in [-0.39, 0.29) is 22.8 Å². The monoisotopic (exact) mass is 541 g/mol. The second-order valence-corrected chi connectivity index (χ2v) is 9.03. The van der Waals surface area contributed by atoms with Crippen LogP contribution in [0.1, 0.15) is 42.4 Å². The number of pyridine rings is 1. The topological polar surface area (TPSA) is 118 Å². The normalized spacial score (nSPS) is 21.5. The first-order valence-electron chi connectivity index (χ1n) is 10.8. The lowest BCUT2D eigenvalue weighted by Crippen LogP contribution is -2.55. The number of ether oxygens (including phenoxy) is 4. The summed E-state index contributed by atoms with van der Waals surface area (Å²) in [7, 11) is 0. The summed E-state index contributed by atoms with van der Waals surface area (Å²) < 4.78 is 60.0. The van der Waals surface area contributed by atoms with Crippen molar-refractivity contribution < 1.29 is 51.3 Å². The lowest BCUT2D eigenvalue weighted by molar-refractivity contribution is -0.186. The van der Waals surface area contributed by atoms with Gasteiger partial charge in [-0.25, -0.2) is 4.98 Å². The fraction of sp³-hybridized carbons (Fsp3) is 0.375. The predicted octanol–water partition coefficient (Wildman–Crippen LogP) is 3.58. The molecule has 0 unspecified atom stereocenters. The van der Waals surface area contributed by atoms with E-state index in [0.29, 0.717) is 0 Å². The molecule has 1 aromatic heterocycles. The Kier molecular flexibility index (Phi) is 8.79. The zero-order valence-electron chi connectivity index (χ0n) is 19.8. The zero-order valence-corrected chi connectivity index (χ0v) is 20.6. The van der Waals surface area contributed by atoms with E-state index in [9.17, 15) is 32.3 Å². The number of esters is 3. The third kappa shape index (κ3) is 7.44. The summed E-state index contributed by atoms with van der Waals surface area (Å²) in [6.45, 7) is 3.51. The van der Waals surface area contributed by atoms with Crippen molar-refractivity contribution in [2.24, 2.45) is 0 Å². The van der Waals surface area contributed by atoms with Gasteiger partial charge < -0.3 is 18.9 Å². The zero-order chi connectivity index (χ0) is 27.3. The molecule has 2 aromatic rings. The van der Waals surface area contributed by atoms with Crippen molar-refractivity contribution in [2.45, 2.75) is 50.7 Å². The SMILES string of the molecule is CC(=O)O[C@@H]1[C@@H](OC(C)=O)[C@@H](Oc2ccc(C(=O)c3ccc(C(F)(F)F)cc3)nc2)SC[C@H]1OC(C)=O. The Labute approximate surface area is 213 Å². The molecule has 1 saturated heterocycles. The smallest absolute Gasteiger partial charge is 0.416 e. The highest BCUT2D eigenvalue weighted by atomic mass is 32.2. The maximum absolute atomic E-state index is 12.8. The molecule has 2 heterocycles. The number of alkyl halides is 3. The van der Waals surface area contributed by atoms with E-state index in [4.69, 9.17) is 18.9 Å². The van der Waals surface area contributed by atoms with E-state index in [2.05, 4.69) is 4.98 Å². The molecule has 198 valence electrons. The molecule has 13 heteroatoms. The van der Waals surface area contributed by atoms with Gasteiger partial charge in [0.05, 0.1) is 11.8 Å². The molecule has 1 aliphatic rings. The van der Waals surface area contributed by atoms with Crippen molar-refractivity contribution in [2.75, 3.05) is 5.75 Å². The number of halogens is 3. The van der Waals surface area contributed by atoms with E-state index < -0.39 is 59.2 Å². The van der Waals surface area contributed by atoms with Crippen molar-refractivity contribution in [3.05, 3.63) is 59.4 Å². The van der Waals surface area contributed by atoms with Crippen LogP contribution in [-0.2, 0) is 34.8 Å². The van der Waals surface area contributed by atoms with Gasteiger partial charge in [0.1, 0.15) is 11.4 Å². The van der Waals surface area contributed by atoms with Gasteiger partial charge in [0.25, 0.3) is 0 Å². The molecule has 0 amide bonds. The number of hydrogen-bond acceptors (Lipinski definition) is 10. The standard InChI is InChI=1S/C24H22F3NO8S/c1-12(29)33-19-11-37-23(22(35-14(3)31)21(19)34-13(2)30)36-17-8-9-18(28-10-17)20(32)15-4-6-16(7-5-15)24(25,26)27/h4-10,19,21-23H,11H2,1-3H3/t19-,21+,22-,23+/m1/s1. The van der Waals surface area contributed by atoms with Crippen LogP contribution in [0.25, 0.3) is 0 Å². The summed E-state index contributed by atoms with van der Waals surface area (Å²) in [6.07, 6.45) is -6.46. The average molecular weight is 542 g/mol. The van der Waals surface area contributed by atoms with E-state index in [1.807, 2.05) is 0 Å². The molecular formula is C24H22F3NO8S. The quantitative estimate of drug-likeness (QED) is 0.292. The van der Waals surface area contributed by atoms with Crippen LogP contribution in [0.15, 0.2) is 42.6 Å². The minimum atomic E-state index is -4.52. The van der Waals surface area contributed by atoms with Gasteiger partial charge in [-0.3, -0.25) is 19.2 Å². The van der Waals surface area contributed by atoms with Crippen LogP contribution >= 0.6 is 11.8 Å². The molecule has 0 aliphatic carbocycles. The molecule has 0 spiro atoms. The van der Waals surface area contributed by atoms with Crippen LogP contribution in [0.3, 0.4) is 0 Å². The minimum absolute atomic E-state index is 0.0210. The van der Waals surface area contributed by atoms with E-state index in [0.717, 1.165) is 49.9 Å². The van der Waals surface area contributed by atoms with Crippen LogP contribution < -0.4 is 4.74 Å². The number of hydrogen-bond donors (Lipinski definition) is 0. The van der Waals surface area contributed by atoms with Gasteiger partial charge in [0.15, 0.2) is 23.7 Å². The van der Waals surface area contributed by atoms with Crippen molar-refractivity contribution in [1.29, 1.82) is 0 Å². The summed E-state index contributed by atoms with van der Waals surface area (Å²) in [6, 6.07) is 6.48. The molecule has 0 saturated carbocycles. The molecule has 37 heavy (non-hydrogen) atoms. The first-order chi connectivity index (χ1) is 17.3. The number of rotatable bonds is 7. The second kappa shape index (κ2) is 11.6. The van der Waals surface area contributed by atoms with Gasteiger partial charge in [0.2, 0.25) is 5.78 Å². The number of nitrogens with zero attached hydrogens (tertiary/aromatic N) is 1. The molecular weight excluding hydrogens is 519 g/mol. The number of thioether (sulfide) groups is 1. The molecule has 0 radical (unpaired) electrons. The lowest BCUT2D eigenvalue weighted by Gasteiger charge is -2.39. The molecule has 1 aromatic carbocycles. The van der Waals surface area contributed by atoms with E-state index in [1.54, 1.807) is 0 Å².